The Morgan fingerprint density at radius 2 is 1.86 bits per heavy atom. The SMILES string of the molecule is O=c1c2ccc(CNCCO)cc2[nH]n1-c1cccc(-c2ccccc2)c1Cl. The zero-order valence-corrected chi connectivity index (χ0v) is 15.9. The predicted molar refractivity (Wildman–Crippen MR) is 113 cm³/mol. The lowest BCUT2D eigenvalue weighted by Gasteiger charge is -2.10. The van der Waals surface area contributed by atoms with Gasteiger partial charge >= 0.3 is 0 Å². The summed E-state index contributed by atoms with van der Waals surface area (Å²) < 4.78 is 1.49. The number of nitrogens with zero attached hydrogens (tertiary/aromatic N) is 1. The van der Waals surface area contributed by atoms with Crippen LogP contribution >= 0.6 is 11.6 Å². The number of H-pyrrole nitrogens is 1. The molecular weight excluding hydrogens is 374 g/mol. The summed E-state index contributed by atoms with van der Waals surface area (Å²) in [7, 11) is 0. The molecule has 1 heterocycles. The number of aromatic nitrogens is 2. The van der Waals surface area contributed by atoms with Gasteiger partial charge in [-0.15, -0.1) is 0 Å². The molecule has 0 saturated carbocycles. The minimum atomic E-state index is -0.142. The maximum Gasteiger partial charge on any atom is 0.279 e. The average molecular weight is 394 g/mol. The highest BCUT2D eigenvalue weighted by molar-refractivity contribution is 6.35. The summed E-state index contributed by atoms with van der Waals surface area (Å²) in [5, 5.41) is 16.3. The van der Waals surface area contributed by atoms with Crippen LogP contribution in [0.2, 0.25) is 5.02 Å². The molecule has 3 N–H and O–H groups in total. The molecule has 1 aromatic heterocycles. The van der Waals surface area contributed by atoms with Gasteiger partial charge < -0.3 is 10.4 Å². The number of aromatic amines is 1. The number of hydrogen-bond acceptors (Lipinski definition) is 3. The maximum atomic E-state index is 12.9. The molecule has 4 rings (SSSR count). The van der Waals surface area contributed by atoms with Gasteiger partial charge in [0.05, 0.1) is 28.2 Å². The second-order valence-corrected chi connectivity index (χ2v) is 6.92. The van der Waals surface area contributed by atoms with Crippen LogP contribution in [0.3, 0.4) is 0 Å². The summed E-state index contributed by atoms with van der Waals surface area (Å²) in [6.45, 7) is 1.23. The van der Waals surface area contributed by atoms with Crippen LogP contribution in [0.15, 0.2) is 71.5 Å². The Hall–Kier alpha value is -2.86. The first-order valence-electron chi connectivity index (χ1n) is 9.08. The van der Waals surface area contributed by atoms with Gasteiger partial charge in [0, 0.05) is 18.7 Å². The Labute approximate surface area is 167 Å². The van der Waals surface area contributed by atoms with E-state index in [9.17, 15) is 4.79 Å². The Morgan fingerprint density at radius 1 is 1.04 bits per heavy atom. The van der Waals surface area contributed by atoms with E-state index in [4.69, 9.17) is 16.7 Å². The van der Waals surface area contributed by atoms with E-state index in [0.717, 1.165) is 22.2 Å². The van der Waals surface area contributed by atoms with Gasteiger partial charge in [0.2, 0.25) is 0 Å². The zero-order valence-electron chi connectivity index (χ0n) is 15.2. The average Bonchev–Trinajstić information content (AvgIpc) is 3.05. The standard InChI is InChI=1S/C22H20ClN3O2/c23-21-17(16-5-2-1-3-6-16)7-4-8-20(21)26-22(28)18-10-9-15(13-19(18)25-26)14-24-11-12-27/h1-10,13,24-25,27H,11-12,14H2. The number of halogens is 1. The number of hydrogen-bond donors (Lipinski definition) is 3. The summed E-state index contributed by atoms with van der Waals surface area (Å²) in [5.41, 5.74) is 4.11. The molecule has 0 spiro atoms. The summed E-state index contributed by atoms with van der Waals surface area (Å²) in [4.78, 5) is 12.9. The van der Waals surface area contributed by atoms with E-state index in [0.29, 0.717) is 29.2 Å². The van der Waals surface area contributed by atoms with Crippen LogP contribution in [0, 0.1) is 0 Å². The molecule has 0 aliphatic carbocycles. The Morgan fingerprint density at radius 3 is 2.64 bits per heavy atom. The summed E-state index contributed by atoms with van der Waals surface area (Å²) >= 11 is 6.68. The molecule has 4 aromatic rings. The molecule has 0 amide bonds. The van der Waals surface area contributed by atoms with Crippen LogP contribution in [0.1, 0.15) is 5.56 Å². The van der Waals surface area contributed by atoms with Gasteiger partial charge in [-0.1, -0.05) is 60.1 Å². The zero-order chi connectivity index (χ0) is 19.5. The third-order valence-corrected chi connectivity index (χ3v) is 5.07. The summed E-state index contributed by atoms with van der Waals surface area (Å²) in [5.74, 6) is 0. The van der Waals surface area contributed by atoms with Crippen molar-refractivity contribution in [3.8, 4) is 16.8 Å². The van der Waals surface area contributed by atoms with Crippen molar-refractivity contribution < 1.29 is 5.11 Å². The molecule has 0 aliphatic heterocycles. The van der Waals surface area contributed by atoms with Crippen LogP contribution in [0.4, 0.5) is 0 Å². The van der Waals surface area contributed by atoms with Crippen molar-refractivity contribution in [3.05, 3.63) is 87.7 Å². The summed E-state index contributed by atoms with van der Waals surface area (Å²) in [6, 6.07) is 21.2. The fourth-order valence-electron chi connectivity index (χ4n) is 3.29. The monoisotopic (exact) mass is 393 g/mol. The highest BCUT2D eigenvalue weighted by atomic mass is 35.5. The lowest BCUT2D eigenvalue weighted by Crippen LogP contribution is -2.17. The van der Waals surface area contributed by atoms with Gasteiger partial charge in [0.1, 0.15) is 0 Å². The van der Waals surface area contributed by atoms with Crippen LogP contribution < -0.4 is 10.9 Å². The highest BCUT2D eigenvalue weighted by Crippen LogP contribution is 2.32. The fraction of sp³-hybridized carbons (Fsp3) is 0.136. The molecule has 0 radical (unpaired) electrons. The number of aliphatic hydroxyl groups excluding tert-OH is 1. The van der Waals surface area contributed by atoms with Gasteiger partial charge in [0.25, 0.3) is 5.56 Å². The Kier molecular flexibility index (Phi) is 5.30. The molecule has 0 bridgehead atoms. The van der Waals surface area contributed by atoms with Crippen molar-refractivity contribution in [2.45, 2.75) is 6.54 Å². The maximum absolute atomic E-state index is 12.9. The van der Waals surface area contributed by atoms with Crippen molar-refractivity contribution in [3.63, 3.8) is 0 Å². The van der Waals surface area contributed by atoms with Gasteiger partial charge in [0.15, 0.2) is 0 Å². The molecule has 142 valence electrons. The molecule has 3 aromatic carbocycles. The summed E-state index contributed by atoms with van der Waals surface area (Å²) in [6.07, 6.45) is 0. The highest BCUT2D eigenvalue weighted by Gasteiger charge is 2.14. The molecule has 28 heavy (non-hydrogen) atoms. The largest absolute Gasteiger partial charge is 0.395 e. The number of fused-ring (bicyclic) bond motifs is 1. The minimum absolute atomic E-state index is 0.0890. The molecular formula is C22H20ClN3O2. The molecule has 0 unspecified atom stereocenters. The van der Waals surface area contributed by atoms with E-state index in [1.54, 1.807) is 0 Å². The van der Waals surface area contributed by atoms with E-state index in [-0.39, 0.29) is 12.2 Å². The van der Waals surface area contributed by atoms with E-state index in [1.165, 1.54) is 4.68 Å². The van der Waals surface area contributed by atoms with Gasteiger partial charge in [-0.2, -0.15) is 0 Å². The van der Waals surface area contributed by atoms with Crippen LogP contribution in [-0.4, -0.2) is 28.0 Å². The molecule has 0 atom stereocenters. The van der Waals surface area contributed by atoms with E-state index in [2.05, 4.69) is 10.4 Å². The van der Waals surface area contributed by atoms with Crippen LogP contribution in [0.5, 0.6) is 0 Å². The Balaban J connectivity index is 1.77. The first-order valence-corrected chi connectivity index (χ1v) is 9.46. The number of aliphatic hydroxyl groups is 1. The molecule has 0 saturated heterocycles. The lowest BCUT2D eigenvalue weighted by atomic mass is 10.1. The van der Waals surface area contributed by atoms with E-state index in [1.807, 2.05) is 66.7 Å². The minimum Gasteiger partial charge on any atom is -0.395 e. The van der Waals surface area contributed by atoms with Crippen molar-refractivity contribution in [2.24, 2.45) is 0 Å². The van der Waals surface area contributed by atoms with Crippen molar-refractivity contribution in [2.75, 3.05) is 13.2 Å². The van der Waals surface area contributed by atoms with Crippen LogP contribution in [-0.2, 0) is 6.54 Å². The first-order chi connectivity index (χ1) is 13.7. The van der Waals surface area contributed by atoms with Gasteiger partial charge in [-0.3, -0.25) is 9.89 Å². The third kappa shape index (κ3) is 3.47. The van der Waals surface area contributed by atoms with Gasteiger partial charge in [-0.25, -0.2) is 4.68 Å². The van der Waals surface area contributed by atoms with Gasteiger partial charge in [-0.05, 0) is 29.3 Å². The van der Waals surface area contributed by atoms with Crippen molar-refractivity contribution >= 4 is 22.5 Å². The molecule has 0 aliphatic rings. The molecule has 5 nitrogen and oxygen atoms in total. The Bertz CT molecular complexity index is 1170. The van der Waals surface area contributed by atoms with Crippen molar-refractivity contribution in [1.82, 2.24) is 15.1 Å². The topological polar surface area (TPSA) is 70.1 Å². The third-order valence-electron chi connectivity index (χ3n) is 4.67. The predicted octanol–water partition coefficient (Wildman–Crippen LogP) is 3.72. The van der Waals surface area contributed by atoms with E-state index >= 15 is 0 Å². The quantitative estimate of drug-likeness (QED) is 0.437. The molecule has 6 heteroatoms. The second-order valence-electron chi connectivity index (χ2n) is 6.54. The smallest absolute Gasteiger partial charge is 0.279 e. The van der Waals surface area contributed by atoms with Crippen molar-refractivity contribution in [1.29, 1.82) is 0 Å². The number of benzene rings is 3. The van der Waals surface area contributed by atoms with Crippen LogP contribution in [0.25, 0.3) is 27.7 Å². The lowest BCUT2D eigenvalue weighted by molar-refractivity contribution is 0.292. The number of rotatable bonds is 6. The van der Waals surface area contributed by atoms with E-state index < -0.39 is 0 Å². The molecule has 0 fully saturated rings. The second kappa shape index (κ2) is 8.02. The fourth-order valence-corrected chi connectivity index (χ4v) is 3.61. The number of nitrogens with one attached hydrogen (secondary N) is 2. The normalized spacial score (nSPS) is 11.2. The first kappa shape index (κ1) is 18.5.